The Bertz CT molecular complexity index is 1490. The first-order valence-corrected chi connectivity index (χ1v) is 10.4. The van der Waals surface area contributed by atoms with Crippen LogP contribution in [0.4, 0.5) is 0 Å². The van der Waals surface area contributed by atoms with Crippen LogP contribution in [-0.4, -0.2) is 14.1 Å². The summed E-state index contributed by atoms with van der Waals surface area (Å²) in [5, 5.41) is 1.83. The fraction of sp³-hybridized carbons (Fsp3) is 0.111. The Balaban J connectivity index is 1.63. The minimum absolute atomic E-state index is 0.0338. The summed E-state index contributed by atoms with van der Waals surface area (Å²) in [4.78, 5) is 17.4. The third-order valence-corrected chi connectivity index (χ3v) is 5.88. The molecule has 5 rings (SSSR count). The van der Waals surface area contributed by atoms with Crippen molar-refractivity contribution in [1.29, 1.82) is 0 Å². The lowest BCUT2D eigenvalue weighted by molar-refractivity contribution is 0.804. The standard InChI is InChI=1S/C27H23N3O/c1-19-21(16-17-26-28-24-14-8-6-13-23(24)27(31)29(26)2)22-12-7-9-15-25(22)30(19)18-20-10-4-3-5-11-20/h3-17H,18H2,1-2H3. The number of hydrogen-bond donors (Lipinski definition) is 0. The van der Waals surface area contributed by atoms with E-state index in [1.54, 1.807) is 11.6 Å². The summed E-state index contributed by atoms with van der Waals surface area (Å²) in [6.07, 6.45) is 4.02. The maximum atomic E-state index is 12.7. The molecule has 0 aliphatic rings. The predicted octanol–water partition coefficient (Wildman–Crippen LogP) is 5.42. The van der Waals surface area contributed by atoms with Gasteiger partial charge in [0.15, 0.2) is 0 Å². The van der Waals surface area contributed by atoms with Crippen LogP contribution in [0.15, 0.2) is 83.7 Å². The normalized spacial score (nSPS) is 11.7. The molecular weight excluding hydrogens is 382 g/mol. The lowest BCUT2D eigenvalue weighted by Crippen LogP contribution is -2.20. The number of nitrogens with zero attached hydrogens (tertiary/aromatic N) is 3. The molecule has 0 spiro atoms. The van der Waals surface area contributed by atoms with Crippen molar-refractivity contribution in [2.24, 2.45) is 7.05 Å². The molecule has 0 unspecified atom stereocenters. The Hall–Kier alpha value is -3.92. The van der Waals surface area contributed by atoms with Gasteiger partial charge in [-0.3, -0.25) is 9.36 Å². The van der Waals surface area contributed by atoms with Crippen molar-refractivity contribution in [2.75, 3.05) is 0 Å². The fourth-order valence-electron chi connectivity index (χ4n) is 4.18. The van der Waals surface area contributed by atoms with Crippen molar-refractivity contribution >= 4 is 34.0 Å². The minimum atomic E-state index is -0.0338. The van der Waals surface area contributed by atoms with Gasteiger partial charge in [-0.25, -0.2) is 4.98 Å². The number of aromatic nitrogens is 3. The summed E-state index contributed by atoms with van der Waals surface area (Å²) >= 11 is 0. The maximum absolute atomic E-state index is 12.7. The molecule has 3 aromatic carbocycles. The number of rotatable bonds is 4. The van der Waals surface area contributed by atoms with E-state index in [1.807, 2.05) is 36.4 Å². The molecule has 0 saturated carbocycles. The van der Waals surface area contributed by atoms with Gasteiger partial charge in [0.1, 0.15) is 5.82 Å². The molecule has 2 aromatic heterocycles. The average Bonchev–Trinajstić information content (AvgIpc) is 3.07. The summed E-state index contributed by atoms with van der Waals surface area (Å²) in [6, 6.07) is 26.4. The SMILES string of the molecule is Cc1c(C=Cc2nc3ccccc3c(=O)n2C)c2ccccc2n1Cc1ccccc1. The van der Waals surface area contributed by atoms with E-state index >= 15 is 0 Å². The quantitative estimate of drug-likeness (QED) is 0.401. The first-order valence-electron chi connectivity index (χ1n) is 10.4. The van der Waals surface area contributed by atoms with E-state index in [9.17, 15) is 4.79 Å². The van der Waals surface area contributed by atoms with E-state index < -0.39 is 0 Å². The number of fused-ring (bicyclic) bond motifs is 2. The molecule has 0 aliphatic carbocycles. The Morgan fingerprint density at radius 1 is 0.839 bits per heavy atom. The van der Waals surface area contributed by atoms with Gasteiger partial charge in [0.05, 0.1) is 10.9 Å². The van der Waals surface area contributed by atoms with Crippen LogP contribution in [0.5, 0.6) is 0 Å². The van der Waals surface area contributed by atoms with Crippen LogP contribution in [-0.2, 0) is 13.6 Å². The van der Waals surface area contributed by atoms with Crippen LogP contribution in [0.2, 0.25) is 0 Å². The highest BCUT2D eigenvalue weighted by molar-refractivity contribution is 5.93. The molecule has 152 valence electrons. The Kier molecular flexibility index (Phi) is 4.75. The van der Waals surface area contributed by atoms with Gasteiger partial charge in [-0.1, -0.05) is 60.7 Å². The summed E-state index contributed by atoms with van der Waals surface area (Å²) in [6.45, 7) is 2.96. The molecule has 0 atom stereocenters. The van der Waals surface area contributed by atoms with E-state index in [0.717, 1.165) is 12.1 Å². The van der Waals surface area contributed by atoms with Crippen molar-refractivity contribution in [2.45, 2.75) is 13.5 Å². The molecule has 2 heterocycles. The van der Waals surface area contributed by atoms with Crippen molar-refractivity contribution in [3.8, 4) is 0 Å². The molecule has 0 N–H and O–H groups in total. The highest BCUT2D eigenvalue weighted by atomic mass is 16.1. The summed E-state index contributed by atoms with van der Waals surface area (Å²) < 4.78 is 3.95. The van der Waals surface area contributed by atoms with Crippen LogP contribution in [0.25, 0.3) is 34.0 Å². The molecular formula is C27H23N3O. The van der Waals surface area contributed by atoms with Gasteiger partial charge < -0.3 is 4.57 Å². The first kappa shape index (κ1) is 19.1. The molecule has 0 radical (unpaired) electrons. The summed E-state index contributed by atoms with van der Waals surface area (Å²) in [7, 11) is 1.77. The van der Waals surface area contributed by atoms with Gasteiger partial charge in [-0.2, -0.15) is 0 Å². The summed E-state index contributed by atoms with van der Waals surface area (Å²) in [5.41, 5.74) is 5.48. The molecule has 0 amide bonds. The lowest BCUT2D eigenvalue weighted by Gasteiger charge is -2.08. The topological polar surface area (TPSA) is 39.8 Å². The van der Waals surface area contributed by atoms with Gasteiger partial charge in [-0.15, -0.1) is 0 Å². The molecule has 5 aromatic rings. The number of hydrogen-bond acceptors (Lipinski definition) is 2. The second-order valence-electron chi connectivity index (χ2n) is 7.77. The van der Waals surface area contributed by atoms with Crippen molar-refractivity contribution in [1.82, 2.24) is 14.1 Å². The molecule has 0 saturated heterocycles. The van der Waals surface area contributed by atoms with Crippen molar-refractivity contribution in [3.63, 3.8) is 0 Å². The number of para-hydroxylation sites is 2. The largest absolute Gasteiger partial charge is 0.340 e. The Morgan fingerprint density at radius 3 is 2.32 bits per heavy atom. The molecule has 0 fully saturated rings. The second-order valence-corrected chi connectivity index (χ2v) is 7.77. The van der Waals surface area contributed by atoms with E-state index in [-0.39, 0.29) is 5.56 Å². The van der Waals surface area contributed by atoms with Crippen LogP contribution >= 0.6 is 0 Å². The van der Waals surface area contributed by atoms with Crippen molar-refractivity contribution < 1.29 is 0 Å². The zero-order valence-corrected chi connectivity index (χ0v) is 17.6. The highest BCUT2D eigenvalue weighted by Gasteiger charge is 2.13. The van der Waals surface area contributed by atoms with Gasteiger partial charge in [0.25, 0.3) is 5.56 Å². The third-order valence-electron chi connectivity index (χ3n) is 5.88. The molecule has 0 aliphatic heterocycles. The zero-order chi connectivity index (χ0) is 21.4. The fourth-order valence-corrected chi connectivity index (χ4v) is 4.18. The van der Waals surface area contributed by atoms with Crippen LogP contribution in [0.1, 0.15) is 22.6 Å². The maximum Gasteiger partial charge on any atom is 0.261 e. The smallest absolute Gasteiger partial charge is 0.261 e. The first-order chi connectivity index (χ1) is 15.1. The molecule has 0 bridgehead atoms. The summed E-state index contributed by atoms with van der Waals surface area (Å²) in [5.74, 6) is 0.642. The van der Waals surface area contributed by atoms with E-state index in [4.69, 9.17) is 4.98 Å². The average molecular weight is 406 g/mol. The van der Waals surface area contributed by atoms with Gasteiger partial charge >= 0.3 is 0 Å². The number of benzene rings is 3. The molecule has 4 heteroatoms. The van der Waals surface area contributed by atoms with E-state index in [0.29, 0.717) is 16.7 Å². The predicted molar refractivity (Wildman–Crippen MR) is 128 cm³/mol. The second kappa shape index (κ2) is 7.73. The van der Waals surface area contributed by atoms with Crippen LogP contribution < -0.4 is 5.56 Å². The van der Waals surface area contributed by atoms with E-state index in [1.165, 1.54) is 22.2 Å². The molecule has 31 heavy (non-hydrogen) atoms. The lowest BCUT2D eigenvalue weighted by atomic mass is 10.1. The monoisotopic (exact) mass is 405 g/mol. The van der Waals surface area contributed by atoms with Crippen LogP contribution in [0.3, 0.4) is 0 Å². The van der Waals surface area contributed by atoms with Gasteiger partial charge in [-0.05, 0) is 42.8 Å². The third kappa shape index (κ3) is 3.36. The minimum Gasteiger partial charge on any atom is -0.340 e. The zero-order valence-electron chi connectivity index (χ0n) is 17.6. The van der Waals surface area contributed by atoms with Crippen molar-refractivity contribution in [3.05, 3.63) is 112 Å². The highest BCUT2D eigenvalue weighted by Crippen LogP contribution is 2.28. The Labute approximate surface area is 180 Å². The molecule has 4 nitrogen and oxygen atoms in total. The van der Waals surface area contributed by atoms with Gasteiger partial charge in [0, 0.05) is 35.8 Å². The van der Waals surface area contributed by atoms with Crippen LogP contribution in [0, 0.1) is 6.92 Å². The van der Waals surface area contributed by atoms with E-state index in [2.05, 4.69) is 66.1 Å². The Morgan fingerprint density at radius 2 is 1.52 bits per heavy atom. The van der Waals surface area contributed by atoms with Gasteiger partial charge in [0.2, 0.25) is 0 Å².